The first-order chi connectivity index (χ1) is 8.49. The van der Waals surface area contributed by atoms with Gasteiger partial charge in [0.2, 0.25) is 0 Å². The summed E-state index contributed by atoms with van der Waals surface area (Å²) in [6, 6.07) is 10.6. The minimum absolute atomic E-state index is 0.150. The summed E-state index contributed by atoms with van der Waals surface area (Å²) in [6.45, 7) is 5.49. The van der Waals surface area contributed by atoms with Crippen LogP contribution in [0, 0.1) is 5.41 Å². The van der Waals surface area contributed by atoms with Gasteiger partial charge in [0.25, 0.3) is 0 Å². The normalized spacial score (nSPS) is 21.6. The minimum atomic E-state index is 0.150. The van der Waals surface area contributed by atoms with Crippen LogP contribution in [0.15, 0.2) is 30.3 Å². The van der Waals surface area contributed by atoms with E-state index >= 15 is 0 Å². The van der Waals surface area contributed by atoms with Crippen LogP contribution in [0.1, 0.15) is 39.5 Å². The Morgan fingerprint density at radius 2 is 1.61 bits per heavy atom. The van der Waals surface area contributed by atoms with Crippen LogP contribution in [0.3, 0.4) is 0 Å². The number of anilines is 1. The fourth-order valence-corrected chi connectivity index (χ4v) is 2.99. The second-order valence-electron chi connectivity index (χ2n) is 6.49. The first-order valence-corrected chi connectivity index (χ1v) is 6.98. The van der Waals surface area contributed by atoms with Crippen molar-refractivity contribution in [1.82, 2.24) is 0 Å². The van der Waals surface area contributed by atoms with Gasteiger partial charge in [0.05, 0.1) is 5.54 Å². The minimum Gasteiger partial charge on any atom is -0.368 e. The molecule has 0 heterocycles. The monoisotopic (exact) mass is 246 g/mol. The first kappa shape index (κ1) is 13.4. The van der Waals surface area contributed by atoms with Crippen LogP contribution < -0.4 is 10.6 Å². The predicted octanol–water partition coefficient (Wildman–Crippen LogP) is 3.42. The van der Waals surface area contributed by atoms with Gasteiger partial charge in [-0.1, -0.05) is 32.0 Å². The van der Waals surface area contributed by atoms with Crippen LogP contribution in [0.4, 0.5) is 5.69 Å². The summed E-state index contributed by atoms with van der Waals surface area (Å²) in [5.41, 5.74) is 8.04. The molecule has 1 fully saturated rings. The number of nitrogens with two attached hydrogens (primary N) is 1. The molecule has 2 heteroatoms. The lowest BCUT2D eigenvalue weighted by atomic mass is 9.68. The van der Waals surface area contributed by atoms with Crippen molar-refractivity contribution < 1.29 is 0 Å². The van der Waals surface area contributed by atoms with Gasteiger partial charge >= 0.3 is 0 Å². The van der Waals surface area contributed by atoms with Gasteiger partial charge in [0, 0.05) is 19.3 Å². The van der Waals surface area contributed by atoms with Gasteiger partial charge in [-0.05, 0) is 43.2 Å². The smallest absolute Gasteiger partial charge is 0.0521 e. The highest BCUT2D eigenvalue weighted by Gasteiger charge is 2.40. The predicted molar refractivity (Wildman–Crippen MR) is 78.9 cm³/mol. The lowest BCUT2D eigenvalue weighted by molar-refractivity contribution is 0.165. The number of likely N-dealkylation sites (N-methyl/N-ethyl adjacent to an activating group) is 1. The second kappa shape index (κ2) is 4.93. The molecule has 0 atom stereocenters. The van der Waals surface area contributed by atoms with Gasteiger partial charge in [0.1, 0.15) is 0 Å². The van der Waals surface area contributed by atoms with Crippen molar-refractivity contribution in [3.8, 4) is 0 Å². The molecule has 0 saturated heterocycles. The zero-order valence-corrected chi connectivity index (χ0v) is 11.9. The molecule has 0 radical (unpaired) electrons. The van der Waals surface area contributed by atoms with Crippen LogP contribution in [0.5, 0.6) is 0 Å². The highest BCUT2D eigenvalue weighted by molar-refractivity contribution is 5.48. The molecule has 0 amide bonds. The molecule has 2 rings (SSSR count). The Morgan fingerprint density at radius 1 is 1.06 bits per heavy atom. The summed E-state index contributed by atoms with van der Waals surface area (Å²) in [4.78, 5) is 2.41. The van der Waals surface area contributed by atoms with Crippen molar-refractivity contribution in [2.75, 3.05) is 18.5 Å². The van der Waals surface area contributed by atoms with Gasteiger partial charge in [-0.2, -0.15) is 0 Å². The molecule has 2 nitrogen and oxygen atoms in total. The summed E-state index contributed by atoms with van der Waals surface area (Å²) in [5.74, 6) is 0. The lowest BCUT2D eigenvalue weighted by Crippen LogP contribution is -2.55. The SMILES string of the molecule is CN(c1ccccc1)C1(CN)CCC(C)(C)CC1. The largest absolute Gasteiger partial charge is 0.368 e. The van der Waals surface area contributed by atoms with Crippen LogP contribution in [-0.2, 0) is 0 Å². The molecule has 0 unspecified atom stereocenters. The van der Waals surface area contributed by atoms with E-state index in [1.165, 1.54) is 31.4 Å². The van der Waals surface area contributed by atoms with Crippen molar-refractivity contribution in [3.63, 3.8) is 0 Å². The maximum absolute atomic E-state index is 6.12. The number of rotatable bonds is 3. The zero-order chi connectivity index (χ0) is 13.2. The third-order valence-corrected chi connectivity index (χ3v) is 4.77. The van der Waals surface area contributed by atoms with Crippen molar-refractivity contribution in [2.24, 2.45) is 11.1 Å². The van der Waals surface area contributed by atoms with E-state index in [1.807, 2.05) is 0 Å². The first-order valence-electron chi connectivity index (χ1n) is 6.98. The Hall–Kier alpha value is -1.02. The fourth-order valence-electron chi connectivity index (χ4n) is 2.99. The maximum Gasteiger partial charge on any atom is 0.0521 e. The fraction of sp³-hybridized carbons (Fsp3) is 0.625. The van der Waals surface area contributed by atoms with Crippen molar-refractivity contribution in [3.05, 3.63) is 30.3 Å². The van der Waals surface area contributed by atoms with E-state index in [-0.39, 0.29) is 5.54 Å². The average molecular weight is 246 g/mol. The molecular weight excluding hydrogens is 220 g/mol. The molecule has 0 spiro atoms. The van der Waals surface area contributed by atoms with E-state index in [0.717, 1.165) is 6.54 Å². The Morgan fingerprint density at radius 3 is 2.11 bits per heavy atom. The topological polar surface area (TPSA) is 29.3 Å². The van der Waals surface area contributed by atoms with Gasteiger partial charge in [0.15, 0.2) is 0 Å². The van der Waals surface area contributed by atoms with Gasteiger partial charge in [-0.25, -0.2) is 0 Å². The number of hydrogen-bond acceptors (Lipinski definition) is 2. The summed E-state index contributed by atoms with van der Waals surface area (Å²) in [5, 5.41) is 0. The van der Waals surface area contributed by atoms with E-state index in [0.29, 0.717) is 5.41 Å². The van der Waals surface area contributed by atoms with Crippen LogP contribution in [0.25, 0.3) is 0 Å². The lowest BCUT2D eigenvalue weighted by Gasteiger charge is -2.49. The van der Waals surface area contributed by atoms with Gasteiger partial charge in [-0.3, -0.25) is 0 Å². The number of hydrogen-bond donors (Lipinski definition) is 1. The summed E-state index contributed by atoms with van der Waals surface area (Å²) in [7, 11) is 2.19. The van der Waals surface area contributed by atoms with Gasteiger partial charge < -0.3 is 10.6 Å². The molecule has 100 valence electrons. The standard InChI is InChI=1S/C16H26N2/c1-15(2)9-11-16(13-17,12-10-15)18(3)14-7-5-4-6-8-14/h4-8H,9-13,17H2,1-3H3. The van der Waals surface area contributed by atoms with E-state index in [2.05, 4.69) is 56.1 Å². The van der Waals surface area contributed by atoms with E-state index in [9.17, 15) is 0 Å². The Kier molecular flexibility index (Phi) is 3.67. The molecular formula is C16H26N2. The molecule has 2 N–H and O–H groups in total. The van der Waals surface area contributed by atoms with Crippen molar-refractivity contribution in [1.29, 1.82) is 0 Å². The molecule has 0 aromatic heterocycles. The summed E-state index contributed by atoms with van der Waals surface area (Å²) < 4.78 is 0. The third-order valence-electron chi connectivity index (χ3n) is 4.77. The third kappa shape index (κ3) is 2.54. The van der Waals surface area contributed by atoms with E-state index < -0.39 is 0 Å². The molecule has 1 saturated carbocycles. The highest BCUT2D eigenvalue weighted by atomic mass is 15.2. The zero-order valence-electron chi connectivity index (χ0n) is 11.9. The maximum atomic E-state index is 6.12. The molecule has 1 aromatic rings. The van der Waals surface area contributed by atoms with Crippen molar-refractivity contribution in [2.45, 2.75) is 45.1 Å². The molecule has 0 bridgehead atoms. The quantitative estimate of drug-likeness (QED) is 0.885. The molecule has 0 aliphatic heterocycles. The Balaban J connectivity index is 2.19. The molecule has 1 aliphatic rings. The number of para-hydroxylation sites is 1. The second-order valence-corrected chi connectivity index (χ2v) is 6.49. The average Bonchev–Trinajstić information content (AvgIpc) is 2.40. The Bertz CT molecular complexity index is 373. The number of nitrogens with zero attached hydrogens (tertiary/aromatic N) is 1. The Labute approximate surface area is 111 Å². The van der Waals surface area contributed by atoms with E-state index in [1.54, 1.807) is 0 Å². The molecule has 18 heavy (non-hydrogen) atoms. The van der Waals surface area contributed by atoms with Crippen molar-refractivity contribution >= 4 is 5.69 Å². The summed E-state index contributed by atoms with van der Waals surface area (Å²) in [6.07, 6.45) is 4.92. The van der Waals surface area contributed by atoms with Crippen LogP contribution >= 0.6 is 0 Å². The van der Waals surface area contributed by atoms with Gasteiger partial charge in [-0.15, -0.1) is 0 Å². The molecule has 1 aliphatic carbocycles. The molecule has 1 aromatic carbocycles. The van der Waals surface area contributed by atoms with Crippen LogP contribution in [0.2, 0.25) is 0 Å². The van der Waals surface area contributed by atoms with Crippen LogP contribution in [-0.4, -0.2) is 19.1 Å². The number of benzene rings is 1. The summed E-state index contributed by atoms with van der Waals surface area (Å²) >= 11 is 0. The van der Waals surface area contributed by atoms with E-state index in [4.69, 9.17) is 5.73 Å². The highest BCUT2D eigenvalue weighted by Crippen LogP contribution is 2.43.